The third-order valence-electron chi connectivity index (χ3n) is 4.72. The first kappa shape index (κ1) is 17.5. The molecule has 1 aliphatic heterocycles. The summed E-state index contributed by atoms with van der Waals surface area (Å²) in [5, 5.41) is 12.8. The number of likely N-dealkylation sites (tertiary alicyclic amines) is 1. The van der Waals surface area contributed by atoms with Gasteiger partial charge in [0.15, 0.2) is 0 Å². The Kier molecular flexibility index (Phi) is 6.19. The smallest absolute Gasteiger partial charge is 0.303 e. The molecule has 0 spiro atoms. The predicted octanol–water partition coefficient (Wildman–Crippen LogP) is 3.30. The molecule has 2 rings (SSSR count). The molecule has 0 aliphatic carbocycles. The lowest BCUT2D eigenvalue weighted by atomic mass is 9.93. The summed E-state index contributed by atoms with van der Waals surface area (Å²) >= 11 is 0. The van der Waals surface area contributed by atoms with Gasteiger partial charge in [0.1, 0.15) is 0 Å². The molecule has 1 fully saturated rings. The maximum absolute atomic E-state index is 12.6. The van der Waals surface area contributed by atoms with Gasteiger partial charge in [0, 0.05) is 31.5 Å². The number of rotatable bonds is 7. The molecule has 128 valence electrons. The average Bonchev–Trinajstić information content (AvgIpc) is 3.03. The summed E-state index contributed by atoms with van der Waals surface area (Å²) in [6.45, 7) is 5.50. The maximum atomic E-state index is 12.6. The van der Waals surface area contributed by atoms with Gasteiger partial charge in [-0.15, -0.1) is 0 Å². The van der Waals surface area contributed by atoms with Gasteiger partial charge in [-0.1, -0.05) is 19.0 Å². The van der Waals surface area contributed by atoms with E-state index in [1.165, 1.54) is 0 Å². The Morgan fingerprint density at radius 3 is 2.83 bits per heavy atom. The van der Waals surface area contributed by atoms with Crippen molar-refractivity contribution < 1.29 is 19.2 Å². The summed E-state index contributed by atoms with van der Waals surface area (Å²) in [6.07, 6.45) is 4.60. The first-order valence-corrected chi connectivity index (χ1v) is 8.52. The van der Waals surface area contributed by atoms with Crippen molar-refractivity contribution in [3.8, 4) is 0 Å². The van der Waals surface area contributed by atoms with E-state index in [4.69, 9.17) is 9.63 Å². The number of hydrogen-bond acceptors (Lipinski definition) is 4. The van der Waals surface area contributed by atoms with Crippen molar-refractivity contribution in [1.29, 1.82) is 0 Å². The second-order valence-electron chi connectivity index (χ2n) is 6.32. The number of aromatic nitrogens is 1. The highest BCUT2D eigenvalue weighted by molar-refractivity contribution is 5.91. The van der Waals surface area contributed by atoms with Crippen molar-refractivity contribution in [3.05, 3.63) is 17.5 Å². The second-order valence-corrected chi connectivity index (χ2v) is 6.32. The van der Waals surface area contributed by atoms with Gasteiger partial charge in [-0.2, -0.15) is 0 Å². The van der Waals surface area contributed by atoms with Crippen molar-refractivity contribution in [2.75, 3.05) is 13.1 Å². The Morgan fingerprint density at radius 2 is 2.17 bits per heavy atom. The fourth-order valence-corrected chi connectivity index (χ4v) is 3.26. The fraction of sp³-hybridized carbons (Fsp3) is 0.706. The molecule has 1 saturated heterocycles. The summed E-state index contributed by atoms with van der Waals surface area (Å²) in [5.41, 5.74) is 0.845. The number of carboxylic acid groups (broad SMARTS) is 1. The van der Waals surface area contributed by atoms with Gasteiger partial charge in [-0.3, -0.25) is 9.59 Å². The lowest BCUT2D eigenvalue weighted by Crippen LogP contribution is -2.39. The zero-order valence-corrected chi connectivity index (χ0v) is 14.0. The molecule has 6 nitrogen and oxygen atoms in total. The second kappa shape index (κ2) is 8.13. The minimum absolute atomic E-state index is 0.130. The molecule has 1 amide bonds. The average molecular weight is 322 g/mol. The minimum atomic E-state index is -0.779. The SMILES string of the molecule is CCC(CC)c1cc(C(=O)N2CCC[C@@H](CCC(=O)O)C2)on1. The quantitative estimate of drug-likeness (QED) is 0.832. The number of carbonyl (C=O) groups excluding carboxylic acids is 1. The molecule has 1 N–H and O–H groups in total. The Balaban J connectivity index is 1.98. The Labute approximate surface area is 136 Å². The van der Waals surface area contributed by atoms with Crippen molar-refractivity contribution in [2.45, 2.75) is 58.3 Å². The van der Waals surface area contributed by atoms with Crippen LogP contribution in [0, 0.1) is 5.92 Å². The van der Waals surface area contributed by atoms with Gasteiger partial charge >= 0.3 is 5.97 Å². The van der Waals surface area contributed by atoms with Crippen molar-refractivity contribution >= 4 is 11.9 Å². The third kappa shape index (κ3) is 4.56. The van der Waals surface area contributed by atoms with Gasteiger partial charge in [0.2, 0.25) is 5.76 Å². The topological polar surface area (TPSA) is 83.6 Å². The van der Waals surface area contributed by atoms with Crippen LogP contribution in [0.4, 0.5) is 0 Å². The lowest BCUT2D eigenvalue weighted by molar-refractivity contribution is -0.137. The lowest BCUT2D eigenvalue weighted by Gasteiger charge is -2.31. The maximum Gasteiger partial charge on any atom is 0.303 e. The Morgan fingerprint density at radius 1 is 1.43 bits per heavy atom. The molecule has 0 aromatic carbocycles. The van der Waals surface area contributed by atoms with E-state index in [9.17, 15) is 9.59 Å². The van der Waals surface area contributed by atoms with E-state index in [1.807, 2.05) is 0 Å². The zero-order valence-electron chi connectivity index (χ0n) is 14.0. The zero-order chi connectivity index (χ0) is 16.8. The third-order valence-corrected chi connectivity index (χ3v) is 4.72. The summed E-state index contributed by atoms with van der Waals surface area (Å²) in [5.74, 6) is -0.0331. The highest BCUT2D eigenvalue weighted by Crippen LogP contribution is 2.25. The molecule has 1 aromatic heterocycles. The number of amides is 1. The molecule has 0 unspecified atom stereocenters. The van der Waals surface area contributed by atoms with Crippen LogP contribution in [0.1, 0.15) is 74.5 Å². The molecule has 1 atom stereocenters. The number of piperidine rings is 1. The molecule has 0 radical (unpaired) electrons. The predicted molar refractivity (Wildman–Crippen MR) is 85.3 cm³/mol. The highest BCUT2D eigenvalue weighted by atomic mass is 16.5. The van der Waals surface area contributed by atoms with Crippen LogP contribution >= 0.6 is 0 Å². The molecular formula is C17H26N2O4. The number of carboxylic acids is 1. The summed E-state index contributed by atoms with van der Waals surface area (Å²) in [6, 6.07) is 1.76. The van der Waals surface area contributed by atoms with E-state index in [2.05, 4.69) is 19.0 Å². The van der Waals surface area contributed by atoms with Crippen molar-refractivity contribution in [1.82, 2.24) is 10.1 Å². The molecule has 1 aliphatic rings. The van der Waals surface area contributed by atoms with Gasteiger partial charge in [0.25, 0.3) is 5.91 Å². The highest BCUT2D eigenvalue weighted by Gasteiger charge is 2.27. The van der Waals surface area contributed by atoms with Crippen LogP contribution in [0.25, 0.3) is 0 Å². The van der Waals surface area contributed by atoms with E-state index >= 15 is 0 Å². The number of carbonyl (C=O) groups is 2. The fourth-order valence-electron chi connectivity index (χ4n) is 3.26. The van der Waals surface area contributed by atoms with Crippen LogP contribution < -0.4 is 0 Å². The monoisotopic (exact) mass is 322 g/mol. The van der Waals surface area contributed by atoms with Gasteiger partial charge < -0.3 is 14.5 Å². The van der Waals surface area contributed by atoms with Crippen molar-refractivity contribution in [2.24, 2.45) is 5.92 Å². The van der Waals surface area contributed by atoms with E-state index in [0.717, 1.165) is 31.4 Å². The van der Waals surface area contributed by atoms with Crippen LogP contribution in [0.3, 0.4) is 0 Å². The standard InChI is InChI=1S/C17H26N2O4/c1-3-13(4-2)14-10-15(23-18-14)17(22)19-9-5-6-12(11-19)7-8-16(20)21/h10,12-13H,3-9,11H2,1-2H3,(H,20,21)/t12-/m0/s1. The Hall–Kier alpha value is -1.85. The van der Waals surface area contributed by atoms with E-state index < -0.39 is 5.97 Å². The molecule has 2 heterocycles. The van der Waals surface area contributed by atoms with E-state index in [1.54, 1.807) is 11.0 Å². The molecule has 1 aromatic rings. The first-order valence-electron chi connectivity index (χ1n) is 8.52. The first-order chi connectivity index (χ1) is 11.0. The number of hydrogen-bond donors (Lipinski definition) is 1. The van der Waals surface area contributed by atoms with Crippen LogP contribution in [0.2, 0.25) is 0 Å². The molecular weight excluding hydrogens is 296 g/mol. The van der Waals surface area contributed by atoms with Gasteiger partial charge in [0.05, 0.1) is 5.69 Å². The van der Waals surface area contributed by atoms with Crippen molar-refractivity contribution in [3.63, 3.8) is 0 Å². The van der Waals surface area contributed by atoms with E-state index in [0.29, 0.717) is 31.2 Å². The molecule has 0 bridgehead atoms. The number of nitrogens with zero attached hydrogens (tertiary/aromatic N) is 2. The van der Waals surface area contributed by atoms with Crippen LogP contribution in [-0.2, 0) is 4.79 Å². The van der Waals surface area contributed by atoms with Crippen LogP contribution in [0.5, 0.6) is 0 Å². The summed E-state index contributed by atoms with van der Waals surface area (Å²) < 4.78 is 5.26. The normalized spacial score (nSPS) is 18.4. The molecule has 6 heteroatoms. The van der Waals surface area contributed by atoms with Gasteiger partial charge in [-0.05, 0) is 38.0 Å². The largest absolute Gasteiger partial charge is 0.481 e. The van der Waals surface area contributed by atoms with Gasteiger partial charge in [-0.25, -0.2) is 0 Å². The van der Waals surface area contributed by atoms with Crippen LogP contribution in [0.15, 0.2) is 10.6 Å². The van der Waals surface area contributed by atoms with Crippen LogP contribution in [-0.4, -0.2) is 40.1 Å². The Bertz CT molecular complexity index is 536. The summed E-state index contributed by atoms with van der Waals surface area (Å²) in [7, 11) is 0. The number of aliphatic carboxylic acids is 1. The molecule has 0 saturated carbocycles. The van der Waals surface area contributed by atoms with E-state index in [-0.39, 0.29) is 18.2 Å². The minimum Gasteiger partial charge on any atom is -0.481 e. The molecule has 23 heavy (non-hydrogen) atoms. The summed E-state index contributed by atoms with van der Waals surface area (Å²) in [4.78, 5) is 25.0.